The smallest absolute Gasteiger partial charge is 0.416 e. The molecule has 3 rings (SSSR count). The first-order chi connectivity index (χ1) is 17.3. The van der Waals surface area contributed by atoms with Crippen LogP contribution in [0.1, 0.15) is 22.4 Å². The van der Waals surface area contributed by atoms with Gasteiger partial charge in [0.15, 0.2) is 5.60 Å². The first-order valence-electron chi connectivity index (χ1n) is 10.3. The lowest BCUT2D eigenvalue weighted by Gasteiger charge is -2.37. The van der Waals surface area contributed by atoms with Gasteiger partial charge in [0.2, 0.25) is 0 Å². The molecule has 14 heteroatoms. The maximum absolute atomic E-state index is 15.6. The molecule has 198 valence electrons. The van der Waals surface area contributed by atoms with Crippen LogP contribution in [0.25, 0.3) is 0 Å². The van der Waals surface area contributed by atoms with Crippen molar-refractivity contribution < 1.29 is 40.6 Å². The monoisotopic (exact) mass is 531 g/mol. The maximum Gasteiger partial charge on any atom is 0.416 e. The molecule has 0 fully saturated rings. The predicted octanol–water partition coefficient (Wildman–Crippen LogP) is 4.01. The lowest BCUT2D eigenvalue weighted by molar-refractivity contribution is -0.203. The van der Waals surface area contributed by atoms with E-state index in [1.54, 1.807) is 0 Å². The van der Waals surface area contributed by atoms with Crippen molar-refractivity contribution in [1.82, 2.24) is 9.99 Å². The van der Waals surface area contributed by atoms with Crippen LogP contribution in [0.4, 0.5) is 30.7 Å². The van der Waals surface area contributed by atoms with E-state index < -0.39 is 52.7 Å². The number of ether oxygens (including phenoxy) is 1. The van der Waals surface area contributed by atoms with Crippen LogP contribution >= 0.6 is 0 Å². The number of halogens is 7. The zero-order chi connectivity index (χ0) is 27.4. The summed E-state index contributed by atoms with van der Waals surface area (Å²) >= 11 is 0. The second kappa shape index (κ2) is 10.6. The summed E-state index contributed by atoms with van der Waals surface area (Å²) in [5.41, 5.74) is -5.82. The Hall–Kier alpha value is -3.91. The summed E-state index contributed by atoms with van der Waals surface area (Å²) in [6.45, 7) is -1.32. The molecule has 0 aliphatic rings. The molecule has 0 radical (unpaired) electrons. The van der Waals surface area contributed by atoms with Crippen LogP contribution in [-0.2, 0) is 24.3 Å². The molecule has 0 saturated carbocycles. The van der Waals surface area contributed by atoms with Crippen molar-refractivity contribution in [1.29, 1.82) is 0 Å². The standard InChI is InChI=1S/C23H20F7N5O2/c24-16-5-7-18(19(25)9-16)21(36,12-35(32)13-34-31)22(26,27)20-8-6-17(10-33-20)37-11-14-1-3-15(4-2-14)23(28,29)30/h1-10,13,36H,11-12,31-32H2/b34-13-. The minimum Gasteiger partial charge on any atom is -0.487 e. The molecule has 3 aromatic rings. The van der Waals surface area contributed by atoms with Gasteiger partial charge in [0.25, 0.3) is 0 Å². The van der Waals surface area contributed by atoms with Crippen molar-refractivity contribution in [2.45, 2.75) is 24.3 Å². The fourth-order valence-corrected chi connectivity index (χ4v) is 3.39. The van der Waals surface area contributed by atoms with E-state index in [2.05, 4.69) is 10.1 Å². The largest absolute Gasteiger partial charge is 0.487 e. The van der Waals surface area contributed by atoms with Gasteiger partial charge >= 0.3 is 12.1 Å². The number of aromatic nitrogens is 1. The molecular formula is C23H20F7N5O2. The topological polar surface area (TPSA) is 110 Å². The van der Waals surface area contributed by atoms with Crippen LogP contribution < -0.4 is 16.4 Å². The van der Waals surface area contributed by atoms with Gasteiger partial charge in [-0.1, -0.05) is 12.1 Å². The fourth-order valence-electron chi connectivity index (χ4n) is 3.39. The zero-order valence-corrected chi connectivity index (χ0v) is 18.8. The van der Waals surface area contributed by atoms with Gasteiger partial charge in [0.1, 0.15) is 36.0 Å². The summed E-state index contributed by atoms with van der Waals surface area (Å²) in [6.07, 6.45) is -2.91. The molecule has 7 nitrogen and oxygen atoms in total. The quantitative estimate of drug-likeness (QED) is 0.127. The molecule has 5 N–H and O–H groups in total. The lowest BCUT2D eigenvalue weighted by Crippen LogP contribution is -2.53. The van der Waals surface area contributed by atoms with Crippen molar-refractivity contribution in [3.8, 4) is 5.75 Å². The van der Waals surface area contributed by atoms with Gasteiger partial charge in [-0.05, 0) is 42.0 Å². The highest BCUT2D eigenvalue weighted by Gasteiger charge is 2.58. The maximum atomic E-state index is 15.6. The SMILES string of the molecule is N/N=C\N(N)CC(O)(c1ccc(F)cc1F)C(F)(F)c1ccc(OCc2ccc(C(F)(F)F)cc2)cn1. The number of nitrogens with two attached hydrogens (primary N) is 2. The number of alkyl halides is 5. The second-order valence-electron chi connectivity index (χ2n) is 7.86. The lowest BCUT2D eigenvalue weighted by atomic mass is 9.84. The van der Waals surface area contributed by atoms with E-state index in [-0.39, 0.29) is 12.4 Å². The number of nitrogens with zero attached hydrogens (tertiary/aromatic N) is 3. The number of pyridine rings is 1. The van der Waals surface area contributed by atoms with Crippen LogP contribution in [0.5, 0.6) is 5.75 Å². The highest BCUT2D eigenvalue weighted by atomic mass is 19.4. The molecule has 2 aromatic carbocycles. The second-order valence-corrected chi connectivity index (χ2v) is 7.86. The minimum absolute atomic E-state index is 0.0216. The van der Waals surface area contributed by atoms with Gasteiger partial charge in [-0.3, -0.25) is 9.99 Å². The van der Waals surface area contributed by atoms with E-state index in [0.717, 1.165) is 30.5 Å². The molecule has 37 heavy (non-hydrogen) atoms. The predicted molar refractivity (Wildman–Crippen MR) is 118 cm³/mol. The first kappa shape index (κ1) is 27.7. The summed E-state index contributed by atoms with van der Waals surface area (Å²) in [7, 11) is 0. The fraction of sp³-hybridized carbons (Fsp3) is 0.217. The summed E-state index contributed by atoms with van der Waals surface area (Å²) in [5, 5.41) is 14.6. The number of hydrazine groups is 1. The van der Waals surface area contributed by atoms with E-state index in [0.29, 0.717) is 35.1 Å². The Bertz CT molecular complexity index is 1240. The molecule has 0 amide bonds. The molecule has 0 aliphatic carbocycles. The van der Waals surface area contributed by atoms with Gasteiger partial charge in [0.05, 0.1) is 18.3 Å². The molecule has 1 aromatic heterocycles. The van der Waals surface area contributed by atoms with E-state index in [1.807, 2.05) is 0 Å². The Morgan fingerprint density at radius 1 is 1.00 bits per heavy atom. The number of aliphatic hydroxyl groups is 1. The van der Waals surface area contributed by atoms with Crippen molar-refractivity contribution in [3.05, 3.63) is 94.8 Å². The molecule has 0 aliphatic heterocycles. The number of rotatable bonds is 9. The summed E-state index contributed by atoms with van der Waals surface area (Å²) < 4.78 is 103. The molecule has 0 spiro atoms. The van der Waals surface area contributed by atoms with E-state index in [9.17, 15) is 27.1 Å². The number of hydrogen-bond acceptors (Lipinski definition) is 6. The molecule has 1 unspecified atom stereocenters. The molecule has 0 saturated heterocycles. The van der Waals surface area contributed by atoms with Crippen LogP contribution in [0, 0.1) is 11.6 Å². The average molecular weight is 531 g/mol. The average Bonchev–Trinajstić information content (AvgIpc) is 2.82. The van der Waals surface area contributed by atoms with E-state index >= 15 is 8.78 Å². The normalized spacial score (nSPS) is 14.0. The Kier molecular flexibility index (Phi) is 7.93. The van der Waals surface area contributed by atoms with Gasteiger partial charge in [-0.25, -0.2) is 14.6 Å². The summed E-state index contributed by atoms with van der Waals surface area (Å²) in [6, 6.07) is 7.64. The van der Waals surface area contributed by atoms with Crippen molar-refractivity contribution in [2.24, 2.45) is 16.8 Å². The van der Waals surface area contributed by atoms with E-state index in [1.165, 1.54) is 12.1 Å². The van der Waals surface area contributed by atoms with Crippen molar-refractivity contribution in [2.75, 3.05) is 6.54 Å². The molecule has 1 atom stereocenters. The highest BCUT2D eigenvalue weighted by Crippen LogP contribution is 2.46. The van der Waals surface area contributed by atoms with Gasteiger partial charge in [-0.2, -0.15) is 27.1 Å². The van der Waals surface area contributed by atoms with Crippen molar-refractivity contribution in [3.63, 3.8) is 0 Å². The van der Waals surface area contributed by atoms with Crippen molar-refractivity contribution >= 4 is 6.34 Å². The third-order valence-electron chi connectivity index (χ3n) is 5.27. The van der Waals surface area contributed by atoms with Crippen LogP contribution in [0.15, 0.2) is 65.9 Å². The Balaban J connectivity index is 1.86. The first-order valence-corrected chi connectivity index (χ1v) is 10.3. The Morgan fingerprint density at radius 2 is 1.68 bits per heavy atom. The van der Waals surface area contributed by atoms with Gasteiger partial charge < -0.3 is 15.7 Å². The summed E-state index contributed by atoms with van der Waals surface area (Å²) in [5.74, 6) is 3.64. The molecule has 1 heterocycles. The van der Waals surface area contributed by atoms with Crippen LogP contribution in [0.2, 0.25) is 0 Å². The van der Waals surface area contributed by atoms with Crippen LogP contribution in [0.3, 0.4) is 0 Å². The number of hydrazone groups is 1. The van der Waals surface area contributed by atoms with Crippen LogP contribution in [-0.4, -0.2) is 28.0 Å². The third kappa shape index (κ3) is 6.09. The highest BCUT2D eigenvalue weighted by molar-refractivity contribution is 5.53. The molecule has 0 bridgehead atoms. The Labute approximate surface area is 205 Å². The molecular weight excluding hydrogens is 511 g/mol. The Morgan fingerprint density at radius 3 is 2.22 bits per heavy atom. The third-order valence-corrected chi connectivity index (χ3v) is 5.27. The summed E-state index contributed by atoms with van der Waals surface area (Å²) in [4.78, 5) is 3.60. The van der Waals surface area contributed by atoms with E-state index in [4.69, 9.17) is 16.4 Å². The zero-order valence-electron chi connectivity index (χ0n) is 18.8. The van der Waals surface area contributed by atoms with Gasteiger partial charge in [0, 0.05) is 11.6 Å². The number of hydrogen-bond donors (Lipinski definition) is 3. The number of benzene rings is 2. The minimum atomic E-state index is -4.50. The van der Waals surface area contributed by atoms with Gasteiger partial charge in [-0.15, -0.1) is 0 Å².